The van der Waals surface area contributed by atoms with E-state index >= 15 is 0 Å². The Bertz CT molecular complexity index is 523. The molecule has 2 atom stereocenters. The average Bonchev–Trinajstić information content (AvgIpc) is 3.05. The quantitative estimate of drug-likeness (QED) is 0.900. The first kappa shape index (κ1) is 18.4. The van der Waals surface area contributed by atoms with Crippen molar-refractivity contribution in [1.82, 2.24) is 10.2 Å². The number of benzene rings is 1. The number of likely N-dealkylation sites (tertiary alicyclic amines) is 1. The number of amides is 1. The van der Waals surface area contributed by atoms with Gasteiger partial charge in [0.05, 0.1) is 13.2 Å². The van der Waals surface area contributed by atoms with Crippen LogP contribution in [0.1, 0.15) is 30.9 Å². The van der Waals surface area contributed by atoms with Crippen LogP contribution < -0.4 is 10.1 Å². The minimum absolute atomic E-state index is 0. The summed E-state index contributed by atoms with van der Waals surface area (Å²) in [6.45, 7) is 1.89. The van der Waals surface area contributed by atoms with Crippen molar-refractivity contribution >= 4 is 30.1 Å². The van der Waals surface area contributed by atoms with E-state index in [4.69, 9.17) is 4.74 Å². The number of ether oxygens (including phenoxy) is 1. The van der Waals surface area contributed by atoms with Gasteiger partial charge in [-0.25, -0.2) is 0 Å². The Hall–Kier alpha value is -0.910. The van der Waals surface area contributed by atoms with Crippen LogP contribution in [0.5, 0.6) is 5.75 Å². The second-order valence-corrected chi connectivity index (χ2v) is 7.10. The largest absolute Gasteiger partial charge is 0.497 e. The Morgan fingerprint density at radius 3 is 3.09 bits per heavy atom. The van der Waals surface area contributed by atoms with Crippen molar-refractivity contribution in [2.24, 2.45) is 0 Å². The molecule has 0 aromatic heterocycles. The molecule has 0 radical (unpaired) electrons. The van der Waals surface area contributed by atoms with E-state index in [1.165, 1.54) is 5.56 Å². The lowest BCUT2D eigenvalue weighted by Gasteiger charge is -2.29. The number of methoxy groups -OCH3 is 1. The van der Waals surface area contributed by atoms with Gasteiger partial charge in [-0.1, -0.05) is 12.1 Å². The van der Waals surface area contributed by atoms with Gasteiger partial charge in [0.25, 0.3) is 0 Å². The molecule has 1 aromatic rings. The van der Waals surface area contributed by atoms with Gasteiger partial charge in [-0.3, -0.25) is 4.79 Å². The normalized spacial score (nSPS) is 24.1. The molecule has 3 rings (SSSR count). The number of hydrogen-bond acceptors (Lipinski definition) is 4. The molecule has 6 heteroatoms. The Morgan fingerprint density at radius 2 is 2.35 bits per heavy atom. The van der Waals surface area contributed by atoms with Gasteiger partial charge in [-0.15, -0.1) is 12.4 Å². The summed E-state index contributed by atoms with van der Waals surface area (Å²) in [6, 6.07) is 8.66. The number of halogens is 1. The highest BCUT2D eigenvalue weighted by Crippen LogP contribution is 2.34. The van der Waals surface area contributed by atoms with Crippen LogP contribution in [0.15, 0.2) is 24.3 Å². The first-order chi connectivity index (χ1) is 10.8. The smallest absolute Gasteiger partial charge is 0.224 e. The summed E-state index contributed by atoms with van der Waals surface area (Å²) in [5.74, 6) is 3.34. The fraction of sp³-hybridized carbons (Fsp3) is 0.588. The summed E-state index contributed by atoms with van der Waals surface area (Å²) in [4.78, 5) is 14.8. The first-order valence-corrected chi connectivity index (χ1v) is 9.18. The second-order valence-electron chi connectivity index (χ2n) is 5.95. The molecule has 2 saturated heterocycles. The van der Waals surface area contributed by atoms with Gasteiger partial charge < -0.3 is 15.0 Å². The van der Waals surface area contributed by atoms with Crippen LogP contribution in [0, 0.1) is 0 Å². The minimum Gasteiger partial charge on any atom is -0.497 e. The van der Waals surface area contributed by atoms with Crippen LogP contribution in [-0.2, 0) is 4.79 Å². The van der Waals surface area contributed by atoms with Gasteiger partial charge >= 0.3 is 0 Å². The standard InChI is InChI=1S/C17H24N2O2S.ClH/c1-21-15-5-2-4-13(10-15)16-6-3-8-19(16)17(20)11-14-12-22-9-7-18-14;/h2,4-5,10,14,16,18H,3,6-9,11-12H2,1H3;1H. The number of carbonyl (C=O) groups is 1. The van der Waals surface area contributed by atoms with E-state index in [0.29, 0.717) is 12.5 Å². The summed E-state index contributed by atoms with van der Waals surface area (Å²) in [5, 5.41) is 3.46. The van der Waals surface area contributed by atoms with Crippen molar-refractivity contribution in [2.75, 3.05) is 31.7 Å². The predicted octanol–water partition coefficient (Wildman–Crippen LogP) is 2.88. The zero-order valence-electron chi connectivity index (χ0n) is 13.5. The molecule has 2 fully saturated rings. The summed E-state index contributed by atoms with van der Waals surface area (Å²) < 4.78 is 5.32. The fourth-order valence-corrected chi connectivity index (χ4v) is 4.29. The number of rotatable bonds is 4. The summed E-state index contributed by atoms with van der Waals surface area (Å²) in [5.41, 5.74) is 1.19. The Labute approximate surface area is 148 Å². The van der Waals surface area contributed by atoms with Gasteiger partial charge in [0, 0.05) is 37.1 Å². The van der Waals surface area contributed by atoms with Crippen LogP contribution in [0.2, 0.25) is 0 Å². The highest BCUT2D eigenvalue weighted by Gasteiger charge is 2.31. The third-order valence-electron chi connectivity index (χ3n) is 4.47. The fourth-order valence-electron chi connectivity index (χ4n) is 3.34. The molecule has 2 unspecified atom stereocenters. The van der Waals surface area contributed by atoms with Crippen molar-refractivity contribution in [2.45, 2.75) is 31.3 Å². The second kappa shape index (κ2) is 8.81. The maximum atomic E-state index is 12.7. The molecule has 2 aliphatic heterocycles. The highest BCUT2D eigenvalue weighted by atomic mass is 35.5. The lowest BCUT2D eigenvalue weighted by molar-refractivity contribution is -0.132. The zero-order chi connectivity index (χ0) is 15.4. The van der Waals surface area contributed by atoms with Gasteiger partial charge in [0.2, 0.25) is 5.91 Å². The summed E-state index contributed by atoms with van der Waals surface area (Å²) >= 11 is 1.94. The number of carbonyl (C=O) groups excluding carboxylic acids is 1. The highest BCUT2D eigenvalue weighted by molar-refractivity contribution is 7.99. The van der Waals surface area contributed by atoms with E-state index in [-0.39, 0.29) is 24.4 Å². The Morgan fingerprint density at radius 1 is 1.48 bits per heavy atom. The van der Waals surface area contributed by atoms with E-state index in [1.54, 1.807) is 7.11 Å². The number of thioether (sulfide) groups is 1. The predicted molar refractivity (Wildman–Crippen MR) is 97.7 cm³/mol. The lowest BCUT2D eigenvalue weighted by atomic mass is 10.0. The molecule has 1 N–H and O–H groups in total. The van der Waals surface area contributed by atoms with E-state index < -0.39 is 0 Å². The van der Waals surface area contributed by atoms with Gasteiger partial charge in [-0.2, -0.15) is 11.8 Å². The van der Waals surface area contributed by atoms with E-state index in [0.717, 1.165) is 43.2 Å². The van der Waals surface area contributed by atoms with Crippen LogP contribution in [0.3, 0.4) is 0 Å². The third kappa shape index (κ3) is 4.55. The molecule has 4 nitrogen and oxygen atoms in total. The Balaban J connectivity index is 0.00000192. The van der Waals surface area contributed by atoms with Gasteiger partial charge in [-0.05, 0) is 30.5 Å². The van der Waals surface area contributed by atoms with Crippen LogP contribution in [-0.4, -0.2) is 48.6 Å². The average molecular weight is 357 g/mol. The third-order valence-corrected chi connectivity index (χ3v) is 5.60. The van der Waals surface area contributed by atoms with E-state index in [1.807, 2.05) is 23.9 Å². The molecule has 0 spiro atoms. The monoisotopic (exact) mass is 356 g/mol. The maximum Gasteiger partial charge on any atom is 0.224 e. The molecule has 1 aromatic carbocycles. The molecule has 1 amide bonds. The van der Waals surface area contributed by atoms with Crippen molar-refractivity contribution in [1.29, 1.82) is 0 Å². The SMILES string of the molecule is COc1cccc(C2CCCN2C(=O)CC2CSCCN2)c1.Cl. The van der Waals surface area contributed by atoms with Crippen molar-refractivity contribution < 1.29 is 9.53 Å². The molecule has 0 saturated carbocycles. The molecule has 2 heterocycles. The van der Waals surface area contributed by atoms with Gasteiger partial charge in [0.15, 0.2) is 0 Å². The van der Waals surface area contributed by atoms with Crippen LogP contribution in [0.25, 0.3) is 0 Å². The molecule has 0 aliphatic carbocycles. The van der Waals surface area contributed by atoms with Crippen LogP contribution >= 0.6 is 24.2 Å². The lowest BCUT2D eigenvalue weighted by Crippen LogP contribution is -2.42. The molecule has 128 valence electrons. The van der Waals surface area contributed by atoms with Crippen molar-refractivity contribution in [3.63, 3.8) is 0 Å². The number of nitrogens with one attached hydrogen (secondary N) is 1. The number of nitrogens with zero attached hydrogens (tertiary/aromatic N) is 1. The summed E-state index contributed by atoms with van der Waals surface area (Å²) in [6.07, 6.45) is 2.75. The molecule has 2 aliphatic rings. The number of hydrogen-bond donors (Lipinski definition) is 1. The maximum absolute atomic E-state index is 12.7. The Kier molecular flexibility index (Phi) is 7.06. The topological polar surface area (TPSA) is 41.6 Å². The molecule has 23 heavy (non-hydrogen) atoms. The molecular formula is C17H25ClN2O2S. The van der Waals surface area contributed by atoms with Crippen LogP contribution in [0.4, 0.5) is 0 Å². The minimum atomic E-state index is 0. The molecular weight excluding hydrogens is 332 g/mol. The van der Waals surface area contributed by atoms with E-state index in [9.17, 15) is 4.79 Å². The molecule has 0 bridgehead atoms. The van der Waals surface area contributed by atoms with E-state index in [2.05, 4.69) is 22.3 Å². The van der Waals surface area contributed by atoms with Crippen molar-refractivity contribution in [3.8, 4) is 5.75 Å². The zero-order valence-corrected chi connectivity index (χ0v) is 15.1. The first-order valence-electron chi connectivity index (χ1n) is 8.02. The van der Waals surface area contributed by atoms with Gasteiger partial charge in [0.1, 0.15) is 5.75 Å². The summed E-state index contributed by atoms with van der Waals surface area (Å²) in [7, 11) is 1.68. The van der Waals surface area contributed by atoms with Crippen molar-refractivity contribution in [3.05, 3.63) is 29.8 Å².